The Kier molecular flexibility index (Phi) is 6.84. The van der Waals surface area contributed by atoms with Crippen molar-refractivity contribution in [3.63, 3.8) is 0 Å². The Morgan fingerprint density at radius 1 is 1.00 bits per heavy atom. The first kappa shape index (κ1) is 11.5. The molecule has 0 radical (unpaired) electrons. The average molecular weight is 166 g/mol. The molecule has 0 aromatic carbocycles. The molecule has 0 aliphatic rings. The summed E-state index contributed by atoms with van der Waals surface area (Å²) in [6, 6.07) is 0. The summed E-state index contributed by atoms with van der Waals surface area (Å²) >= 11 is 0. The van der Waals surface area contributed by atoms with Gasteiger partial charge in [0, 0.05) is 0 Å². The number of rotatable bonds is 5. The number of allylic oxidation sites excluding steroid dienone is 4. The summed E-state index contributed by atoms with van der Waals surface area (Å²) < 4.78 is 0. The van der Waals surface area contributed by atoms with E-state index in [1.54, 1.807) is 11.1 Å². The summed E-state index contributed by atoms with van der Waals surface area (Å²) in [5.41, 5.74) is 3.16. The van der Waals surface area contributed by atoms with Crippen LogP contribution < -0.4 is 0 Å². The number of hydrogen-bond acceptors (Lipinski definition) is 0. The van der Waals surface area contributed by atoms with Crippen molar-refractivity contribution in [2.45, 2.75) is 53.4 Å². The SMILES string of the molecule is CC=C(CC)C/C(=C\CC)CC. The molecule has 0 aliphatic carbocycles. The predicted octanol–water partition coefficient (Wildman–Crippen LogP) is 4.48. The summed E-state index contributed by atoms with van der Waals surface area (Å²) in [4.78, 5) is 0. The van der Waals surface area contributed by atoms with Crippen LogP contribution in [-0.2, 0) is 0 Å². The van der Waals surface area contributed by atoms with Crippen molar-refractivity contribution >= 4 is 0 Å². The van der Waals surface area contributed by atoms with Crippen LogP contribution in [0.3, 0.4) is 0 Å². The largest absolute Gasteiger partial charge is 0.0881 e. The monoisotopic (exact) mass is 166 g/mol. The van der Waals surface area contributed by atoms with Crippen LogP contribution in [0.2, 0.25) is 0 Å². The van der Waals surface area contributed by atoms with Gasteiger partial charge in [-0.05, 0) is 32.6 Å². The molecule has 0 atom stereocenters. The summed E-state index contributed by atoms with van der Waals surface area (Å²) in [7, 11) is 0. The second-order valence-electron chi connectivity index (χ2n) is 3.10. The summed E-state index contributed by atoms with van der Waals surface area (Å²) in [6.45, 7) is 8.81. The lowest BCUT2D eigenvalue weighted by atomic mass is 10.0. The normalized spacial score (nSPS) is 13.7. The van der Waals surface area contributed by atoms with Gasteiger partial charge in [0.15, 0.2) is 0 Å². The van der Waals surface area contributed by atoms with Crippen LogP contribution in [0.15, 0.2) is 23.3 Å². The fourth-order valence-electron chi connectivity index (χ4n) is 1.35. The van der Waals surface area contributed by atoms with Crippen LogP contribution in [0, 0.1) is 0 Å². The van der Waals surface area contributed by atoms with Crippen LogP contribution >= 0.6 is 0 Å². The third-order valence-electron chi connectivity index (χ3n) is 2.26. The quantitative estimate of drug-likeness (QED) is 0.528. The molecule has 0 bridgehead atoms. The molecule has 0 heterocycles. The molecule has 0 N–H and O–H groups in total. The number of hydrogen-bond donors (Lipinski definition) is 0. The molecule has 0 rings (SSSR count). The molecule has 70 valence electrons. The van der Waals surface area contributed by atoms with Crippen LogP contribution in [0.25, 0.3) is 0 Å². The van der Waals surface area contributed by atoms with Gasteiger partial charge in [0.25, 0.3) is 0 Å². The third-order valence-corrected chi connectivity index (χ3v) is 2.26. The molecular weight excluding hydrogens is 144 g/mol. The van der Waals surface area contributed by atoms with Crippen molar-refractivity contribution < 1.29 is 0 Å². The summed E-state index contributed by atoms with van der Waals surface area (Å²) in [6.07, 6.45) is 9.36. The highest BCUT2D eigenvalue weighted by Gasteiger charge is 1.96. The van der Waals surface area contributed by atoms with Gasteiger partial charge in [0.1, 0.15) is 0 Å². The third kappa shape index (κ3) is 4.38. The minimum absolute atomic E-state index is 1.17. The first-order valence-electron chi connectivity index (χ1n) is 5.10. The molecule has 0 aromatic heterocycles. The maximum atomic E-state index is 2.36. The van der Waals surface area contributed by atoms with E-state index in [4.69, 9.17) is 0 Å². The molecule has 0 heteroatoms. The van der Waals surface area contributed by atoms with E-state index in [2.05, 4.69) is 39.8 Å². The van der Waals surface area contributed by atoms with Crippen molar-refractivity contribution in [2.75, 3.05) is 0 Å². The van der Waals surface area contributed by atoms with E-state index in [1.807, 2.05) is 0 Å². The molecule has 0 amide bonds. The highest BCUT2D eigenvalue weighted by molar-refractivity contribution is 5.14. The average Bonchev–Trinajstić information content (AvgIpc) is 2.12. The molecule has 0 aromatic rings. The smallest absolute Gasteiger partial charge is 0.0109 e. The summed E-state index contributed by atoms with van der Waals surface area (Å²) in [5.74, 6) is 0. The van der Waals surface area contributed by atoms with Gasteiger partial charge in [0.2, 0.25) is 0 Å². The Hall–Kier alpha value is -0.520. The first-order valence-corrected chi connectivity index (χ1v) is 5.10. The van der Waals surface area contributed by atoms with E-state index in [0.717, 1.165) is 0 Å². The van der Waals surface area contributed by atoms with Crippen molar-refractivity contribution in [3.05, 3.63) is 23.3 Å². The first-order chi connectivity index (χ1) is 5.78. The molecule has 0 nitrogen and oxygen atoms in total. The van der Waals surface area contributed by atoms with Crippen molar-refractivity contribution in [1.82, 2.24) is 0 Å². The van der Waals surface area contributed by atoms with E-state index in [9.17, 15) is 0 Å². The van der Waals surface area contributed by atoms with E-state index >= 15 is 0 Å². The van der Waals surface area contributed by atoms with E-state index in [1.165, 1.54) is 25.7 Å². The minimum atomic E-state index is 1.17. The fraction of sp³-hybridized carbons (Fsp3) is 0.667. The van der Waals surface area contributed by atoms with Gasteiger partial charge in [-0.3, -0.25) is 0 Å². The Labute approximate surface area is 77.4 Å². The topological polar surface area (TPSA) is 0 Å². The summed E-state index contributed by atoms with van der Waals surface area (Å²) in [5, 5.41) is 0. The molecule has 0 aliphatic heterocycles. The Balaban J connectivity index is 4.10. The van der Waals surface area contributed by atoms with E-state index < -0.39 is 0 Å². The van der Waals surface area contributed by atoms with Gasteiger partial charge in [0.05, 0.1) is 0 Å². The van der Waals surface area contributed by atoms with Crippen LogP contribution in [0.4, 0.5) is 0 Å². The van der Waals surface area contributed by atoms with Gasteiger partial charge in [-0.1, -0.05) is 44.1 Å². The van der Waals surface area contributed by atoms with Crippen LogP contribution in [0.1, 0.15) is 53.4 Å². The second kappa shape index (κ2) is 7.15. The van der Waals surface area contributed by atoms with Crippen molar-refractivity contribution in [1.29, 1.82) is 0 Å². The highest BCUT2D eigenvalue weighted by atomic mass is 14.0. The maximum Gasteiger partial charge on any atom is -0.0109 e. The highest BCUT2D eigenvalue weighted by Crippen LogP contribution is 2.17. The molecule has 0 unspecified atom stereocenters. The standard InChI is InChI=1S/C12H22/c1-5-9-12(8-4)10-11(6-2)7-3/h6,9H,5,7-8,10H2,1-4H3/b11-6?,12-9-. The van der Waals surface area contributed by atoms with Gasteiger partial charge in [-0.25, -0.2) is 0 Å². The van der Waals surface area contributed by atoms with Crippen LogP contribution in [-0.4, -0.2) is 0 Å². The zero-order valence-electron chi connectivity index (χ0n) is 8.98. The zero-order chi connectivity index (χ0) is 9.40. The Bertz CT molecular complexity index is 161. The maximum absolute atomic E-state index is 2.36. The van der Waals surface area contributed by atoms with E-state index in [-0.39, 0.29) is 0 Å². The lowest BCUT2D eigenvalue weighted by Crippen LogP contribution is -1.86. The van der Waals surface area contributed by atoms with Crippen molar-refractivity contribution in [3.8, 4) is 0 Å². The van der Waals surface area contributed by atoms with Gasteiger partial charge >= 0.3 is 0 Å². The van der Waals surface area contributed by atoms with Gasteiger partial charge < -0.3 is 0 Å². The lowest BCUT2D eigenvalue weighted by Gasteiger charge is -2.06. The van der Waals surface area contributed by atoms with Crippen LogP contribution in [0.5, 0.6) is 0 Å². The molecule has 0 spiro atoms. The molecule has 12 heavy (non-hydrogen) atoms. The zero-order valence-corrected chi connectivity index (χ0v) is 8.98. The lowest BCUT2D eigenvalue weighted by molar-refractivity contribution is 0.918. The van der Waals surface area contributed by atoms with Gasteiger partial charge in [-0.2, -0.15) is 0 Å². The van der Waals surface area contributed by atoms with Crippen molar-refractivity contribution in [2.24, 2.45) is 0 Å². The molecule has 0 saturated heterocycles. The molecule has 0 saturated carbocycles. The predicted molar refractivity (Wildman–Crippen MR) is 57.3 cm³/mol. The van der Waals surface area contributed by atoms with Gasteiger partial charge in [-0.15, -0.1) is 0 Å². The molecule has 0 fully saturated rings. The van der Waals surface area contributed by atoms with E-state index in [0.29, 0.717) is 0 Å². The Morgan fingerprint density at radius 3 is 1.92 bits per heavy atom. The minimum Gasteiger partial charge on any atom is -0.0881 e. The Morgan fingerprint density at radius 2 is 1.58 bits per heavy atom. The molecular formula is C12H22. The second-order valence-corrected chi connectivity index (χ2v) is 3.10. The fourth-order valence-corrected chi connectivity index (χ4v) is 1.35.